The van der Waals surface area contributed by atoms with Crippen LogP contribution in [0.15, 0.2) is 0 Å². The fraction of sp³-hybridized carbons (Fsp3) is 0.882. The van der Waals surface area contributed by atoms with Crippen molar-refractivity contribution in [1.29, 1.82) is 0 Å². The molecular formula is C17H30N2O3. The molecule has 0 aromatic carbocycles. The summed E-state index contributed by atoms with van der Waals surface area (Å²) in [6.07, 6.45) is 6.05. The van der Waals surface area contributed by atoms with Gasteiger partial charge >= 0.3 is 6.09 Å². The van der Waals surface area contributed by atoms with Crippen LogP contribution in [0, 0.1) is 11.8 Å². The first-order chi connectivity index (χ1) is 10.6. The molecule has 2 rings (SSSR count). The van der Waals surface area contributed by atoms with Gasteiger partial charge in [0.1, 0.15) is 0 Å². The number of rotatable bonds is 3. The molecular weight excluding hydrogens is 280 g/mol. The molecule has 126 valence electrons. The Balaban J connectivity index is 1.76. The molecule has 0 aromatic heterocycles. The highest BCUT2D eigenvalue weighted by atomic mass is 16.6. The molecule has 5 nitrogen and oxygen atoms in total. The lowest BCUT2D eigenvalue weighted by atomic mass is 9.95. The summed E-state index contributed by atoms with van der Waals surface area (Å²) in [6.45, 7) is 7.62. The molecule has 2 saturated heterocycles. The van der Waals surface area contributed by atoms with Gasteiger partial charge < -0.3 is 14.5 Å². The Morgan fingerprint density at radius 1 is 0.955 bits per heavy atom. The van der Waals surface area contributed by atoms with Gasteiger partial charge in [0.2, 0.25) is 5.91 Å². The molecule has 0 unspecified atom stereocenters. The van der Waals surface area contributed by atoms with Crippen molar-refractivity contribution in [3.63, 3.8) is 0 Å². The van der Waals surface area contributed by atoms with Crippen LogP contribution in [0.1, 0.15) is 52.4 Å². The quantitative estimate of drug-likeness (QED) is 0.805. The van der Waals surface area contributed by atoms with Crippen LogP contribution in [0.5, 0.6) is 0 Å². The number of amides is 2. The van der Waals surface area contributed by atoms with Crippen LogP contribution < -0.4 is 0 Å². The molecule has 22 heavy (non-hydrogen) atoms. The first kappa shape index (κ1) is 17.1. The minimum atomic E-state index is -0.227. The Labute approximate surface area is 134 Å². The van der Waals surface area contributed by atoms with Gasteiger partial charge in [-0.15, -0.1) is 0 Å². The van der Waals surface area contributed by atoms with E-state index in [1.807, 2.05) is 18.7 Å². The average molecular weight is 310 g/mol. The average Bonchev–Trinajstić information content (AvgIpc) is 2.81. The van der Waals surface area contributed by atoms with E-state index in [0.717, 1.165) is 38.8 Å². The summed E-state index contributed by atoms with van der Waals surface area (Å²) in [5.41, 5.74) is 0. The van der Waals surface area contributed by atoms with Crippen LogP contribution in [0.25, 0.3) is 0 Å². The zero-order chi connectivity index (χ0) is 15.9. The van der Waals surface area contributed by atoms with E-state index in [1.54, 1.807) is 4.90 Å². The highest BCUT2D eigenvalue weighted by molar-refractivity contribution is 5.79. The summed E-state index contributed by atoms with van der Waals surface area (Å²) in [4.78, 5) is 28.3. The second-order valence-corrected chi connectivity index (χ2v) is 6.97. The third kappa shape index (κ3) is 4.89. The molecule has 0 radical (unpaired) electrons. The molecule has 2 aliphatic heterocycles. The SMILES string of the molecule is CC(C)COC(=O)N1CCC(C(=O)N2CCCCCC2)CC1. The molecule has 2 amide bonds. The number of nitrogens with zero attached hydrogens (tertiary/aromatic N) is 2. The molecule has 5 heteroatoms. The second-order valence-electron chi connectivity index (χ2n) is 6.97. The Morgan fingerprint density at radius 3 is 2.09 bits per heavy atom. The summed E-state index contributed by atoms with van der Waals surface area (Å²) >= 11 is 0. The number of carbonyl (C=O) groups excluding carboxylic acids is 2. The molecule has 2 fully saturated rings. The first-order valence-corrected chi connectivity index (χ1v) is 8.78. The van der Waals surface area contributed by atoms with Crippen LogP contribution in [0.4, 0.5) is 4.79 Å². The van der Waals surface area contributed by atoms with E-state index in [1.165, 1.54) is 12.8 Å². The molecule has 0 bridgehead atoms. The van der Waals surface area contributed by atoms with Crippen LogP contribution in [0.3, 0.4) is 0 Å². The standard InChI is InChI=1S/C17H30N2O3/c1-14(2)13-22-17(21)19-11-7-15(8-12-19)16(20)18-9-5-3-4-6-10-18/h14-15H,3-13H2,1-2H3. The van der Waals surface area contributed by atoms with E-state index in [0.29, 0.717) is 31.5 Å². The van der Waals surface area contributed by atoms with Gasteiger partial charge in [-0.25, -0.2) is 4.79 Å². The van der Waals surface area contributed by atoms with Crippen molar-refractivity contribution in [2.75, 3.05) is 32.8 Å². The predicted octanol–water partition coefficient (Wildman–Crippen LogP) is 2.89. The van der Waals surface area contributed by atoms with Crippen LogP contribution >= 0.6 is 0 Å². The number of hydrogen-bond acceptors (Lipinski definition) is 3. The number of piperidine rings is 1. The van der Waals surface area contributed by atoms with Crippen molar-refractivity contribution in [3.8, 4) is 0 Å². The van der Waals surface area contributed by atoms with Gasteiger partial charge in [-0.05, 0) is 31.6 Å². The van der Waals surface area contributed by atoms with Crippen molar-refractivity contribution < 1.29 is 14.3 Å². The number of ether oxygens (including phenoxy) is 1. The Kier molecular flexibility index (Phi) is 6.52. The lowest BCUT2D eigenvalue weighted by Crippen LogP contribution is -2.45. The normalized spacial score (nSPS) is 20.9. The van der Waals surface area contributed by atoms with E-state index < -0.39 is 0 Å². The van der Waals surface area contributed by atoms with E-state index in [9.17, 15) is 9.59 Å². The maximum absolute atomic E-state index is 12.6. The van der Waals surface area contributed by atoms with Gasteiger partial charge in [-0.1, -0.05) is 26.7 Å². The highest BCUT2D eigenvalue weighted by Crippen LogP contribution is 2.22. The summed E-state index contributed by atoms with van der Waals surface area (Å²) < 4.78 is 5.26. The molecule has 0 spiro atoms. The van der Waals surface area contributed by atoms with Gasteiger partial charge in [0.15, 0.2) is 0 Å². The smallest absolute Gasteiger partial charge is 0.409 e. The van der Waals surface area contributed by atoms with E-state index in [-0.39, 0.29) is 12.0 Å². The topological polar surface area (TPSA) is 49.9 Å². The maximum atomic E-state index is 12.6. The zero-order valence-electron chi connectivity index (χ0n) is 14.1. The minimum Gasteiger partial charge on any atom is -0.449 e. The Morgan fingerprint density at radius 2 is 1.55 bits per heavy atom. The zero-order valence-corrected chi connectivity index (χ0v) is 14.1. The van der Waals surface area contributed by atoms with Crippen LogP contribution in [-0.2, 0) is 9.53 Å². The fourth-order valence-corrected chi connectivity index (χ4v) is 3.19. The monoisotopic (exact) mass is 310 g/mol. The molecule has 2 heterocycles. The van der Waals surface area contributed by atoms with Crippen molar-refractivity contribution >= 4 is 12.0 Å². The third-order valence-corrected chi connectivity index (χ3v) is 4.56. The fourth-order valence-electron chi connectivity index (χ4n) is 3.19. The summed E-state index contributed by atoms with van der Waals surface area (Å²) in [7, 11) is 0. The van der Waals surface area contributed by atoms with Gasteiger partial charge in [-0.2, -0.15) is 0 Å². The lowest BCUT2D eigenvalue weighted by molar-refractivity contribution is -0.136. The predicted molar refractivity (Wildman–Crippen MR) is 85.5 cm³/mol. The number of hydrogen-bond donors (Lipinski definition) is 0. The summed E-state index contributed by atoms with van der Waals surface area (Å²) in [6, 6.07) is 0. The van der Waals surface area contributed by atoms with E-state index in [2.05, 4.69) is 0 Å². The lowest BCUT2D eigenvalue weighted by Gasteiger charge is -2.33. The van der Waals surface area contributed by atoms with Crippen molar-refractivity contribution in [2.24, 2.45) is 11.8 Å². The first-order valence-electron chi connectivity index (χ1n) is 8.78. The maximum Gasteiger partial charge on any atom is 0.409 e. The highest BCUT2D eigenvalue weighted by Gasteiger charge is 2.30. The van der Waals surface area contributed by atoms with Gasteiger partial charge in [0.25, 0.3) is 0 Å². The van der Waals surface area contributed by atoms with E-state index in [4.69, 9.17) is 4.74 Å². The third-order valence-electron chi connectivity index (χ3n) is 4.56. The molecule has 0 saturated carbocycles. The summed E-state index contributed by atoms with van der Waals surface area (Å²) in [5, 5.41) is 0. The molecule has 0 aliphatic carbocycles. The van der Waals surface area contributed by atoms with Gasteiger partial charge in [0, 0.05) is 32.1 Å². The molecule has 0 N–H and O–H groups in total. The largest absolute Gasteiger partial charge is 0.449 e. The van der Waals surface area contributed by atoms with Gasteiger partial charge in [-0.3, -0.25) is 4.79 Å². The number of carbonyl (C=O) groups is 2. The molecule has 0 atom stereocenters. The van der Waals surface area contributed by atoms with Crippen molar-refractivity contribution in [1.82, 2.24) is 9.80 Å². The Bertz CT molecular complexity index is 368. The van der Waals surface area contributed by atoms with E-state index >= 15 is 0 Å². The summed E-state index contributed by atoms with van der Waals surface area (Å²) in [5.74, 6) is 0.746. The molecule has 0 aromatic rings. The number of likely N-dealkylation sites (tertiary alicyclic amines) is 2. The van der Waals surface area contributed by atoms with Crippen LogP contribution in [-0.4, -0.2) is 54.6 Å². The van der Waals surface area contributed by atoms with Crippen LogP contribution in [0.2, 0.25) is 0 Å². The van der Waals surface area contributed by atoms with Crippen molar-refractivity contribution in [2.45, 2.75) is 52.4 Å². The minimum absolute atomic E-state index is 0.0900. The van der Waals surface area contributed by atoms with Crippen molar-refractivity contribution in [3.05, 3.63) is 0 Å². The molecule has 2 aliphatic rings. The second kappa shape index (κ2) is 8.39. The Hall–Kier alpha value is -1.26. The van der Waals surface area contributed by atoms with Gasteiger partial charge in [0.05, 0.1) is 6.61 Å².